The number of carbonyl (C=O) groups excluding carboxylic acids is 1. The molecule has 4 nitrogen and oxygen atoms in total. The first-order valence-corrected chi connectivity index (χ1v) is 5.78. The van der Waals surface area contributed by atoms with E-state index in [9.17, 15) is 9.18 Å². The monoisotopic (exact) mass is 280 g/mol. The minimum Gasteiger partial charge on any atom is -0.464 e. The Hall–Kier alpha value is -2.01. The van der Waals surface area contributed by atoms with Crippen molar-refractivity contribution in [2.45, 2.75) is 6.92 Å². The third-order valence-corrected chi connectivity index (χ3v) is 2.72. The molecule has 0 aliphatic heterocycles. The van der Waals surface area contributed by atoms with Gasteiger partial charge in [-0.2, -0.15) is 0 Å². The molecule has 2 aromatic rings. The van der Waals surface area contributed by atoms with Crippen LogP contribution in [0.15, 0.2) is 24.3 Å². The number of esters is 1. The Bertz CT molecular complexity index is 647. The minimum absolute atomic E-state index is 0.0551. The van der Waals surface area contributed by atoms with E-state index in [0.717, 1.165) is 0 Å². The van der Waals surface area contributed by atoms with Crippen LogP contribution in [0.3, 0.4) is 0 Å². The van der Waals surface area contributed by atoms with Crippen LogP contribution in [0.5, 0.6) is 0 Å². The third kappa shape index (κ3) is 2.88. The van der Waals surface area contributed by atoms with Crippen molar-refractivity contribution in [1.82, 2.24) is 9.97 Å². The summed E-state index contributed by atoms with van der Waals surface area (Å²) in [6, 6.07) is 5.96. The maximum Gasteiger partial charge on any atom is 0.356 e. The molecule has 19 heavy (non-hydrogen) atoms. The molecule has 0 atom stereocenters. The van der Waals surface area contributed by atoms with E-state index >= 15 is 0 Å². The molecule has 0 unspecified atom stereocenters. The predicted molar refractivity (Wildman–Crippen MR) is 68.5 cm³/mol. The van der Waals surface area contributed by atoms with E-state index in [-0.39, 0.29) is 16.8 Å². The van der Waals surface area contributed by atoms with E-state index in [1.165, 1.54) is 19.2 Å². The molecule has 2 rings (SSSR count). The van der Waals surface area contributed by atoms with Crippen LogP contribution in [0.2, 0.25) is 5.28 Å². The summed E-state index contributed by atoms with van der Waals surface area (Å²) in [6.45, 7) is 1.64. The molecule has 0 radical (unpaired) electrons. The second-order valence-corrected chi connectivity index (χ2v) is 4.20. The first kappa shape index (κ1) is 13.4. The highest BCUT2D eigenvalue weighted by molar-refractivity contribution is 6.28. The van der Waals surface area contributed by atoms with Crippen molar-refractivity contribution >= 4 is 17.6 Å². The lowest BCUT2D eigenvalue weighted by atomic mass is 10.1. The number of carbonyl (C=O) groups is 1. The lowest BCUT2D eigenvalue weighted by Gasteiger charge is -2.05. The summed E-state index contributed by atoms with van der Waals surface area (Å²) in [5.41, 5.74) is 1.61. The average Bonchev–Trinajstić information content (AvgIpc) is 2.40. The van der Waals surface area contributed by atoms with E-state index in [1.54, 1.807) is 19.1 Å². The van der Waals surface area contributed by atoms with Gasteiger partial charge in [-0.15, -0.1) is 0 Å². The fraction of sp³-hybridized carbons (Fsp3) is 0.154. The molecule has 0 saturated heterocycles. The van der Waals surface area contributed by atoms with Crippen molar-refractivity contribution < 1.29 is 13.9 Å². The maximum atomic E-state index is 13.2. The van der Waals surface area contributed by atoms with Gasteiger partial charge in [-0.05, 0) is 48.4 Å². The van der Waals surface area contributed by atoms with E-state index in [2.05, 4.69) is 14.7 Å². The van der Waals surface area contributed by atoms with Crippen molar-refractivity contribution in [2.75, 3.05) is 7.11 Å². The van der Waals surface area contributed by atoms with Gasteiger partial charge in [-0.3, -0.25) is 0 Å². The Balaban J connectivity index is 2.52. The molecule has 0 aliphatic rings. The molecule has 1 heterocycles. The van der Waals surface area contributed by atoms with Crippen LogP contribution in [0, 0.1) is 12.7 Å². The predicted octanol–water partition coefficient (Wildman–Crippen LogP) is 3.03. The first-order chi connectivity index (χ1) is 9.01. The Morgan fingerprint density at radius 1 is 1.32 bits per heavy atom. The summed E-state index contributed by atoms with van der Waals surface area (Å²) in [5, 5.41) is -0.0696. The first-order valence-electron chi connectivity index (χ1n) is 5.40. The molecular formula is C13H10ClFN2O2. The van der Waals surface area contributed by atoms with Gasteiger partial charge in [0.15, 0.2) is 5.69 Å². The minimum atomic E-state index is -0.607. The number of rotatable bonds is 2. The number of hydrogen-bond acceptors (Lipinski definition) is 4. The quantitative estimate of drug-likeness (QED) is 0.627. The van der Waals surface area contributed by atoms with Gasteiger partial charge in [0.05, 0.1) is 12.8 Å². The van der Waals surface area contributed by atoms with Crippen LogP contribution in [0.1, 0.15) is 16.1 Å². The van der Waals surface area contributed by atoms with Crippen LogP contribution < -0.4 is 0 Å². The molecule has 98 valence electrons. The summed E-state index contributed by atoms with van der Waals surface area (Å²) in [7, 11) is 1.25. The van der Waals surface area contributed by atoms with Crippen LogP contribution in [-0.4, -0.2) is 23.0 Å². The van der Waals surface area contributed by atoms with Gasteiger partial charge in [0.1, 0.15) is 5.82 Å². The summed E-state index contributed by atoms with van der Waals surface area (Å²) in [4.78, 5) is 19.2. The Kier molecular flexibility index (Phi) is 3.76. The lowest BCUT2D eigenvalue weighted by molar-refractivity contribution is 0.0594. The number of aromatic nitrogens is 2. The summed E-state index contributed by atoms with van der Waals surface area (Å²) < 4.78 is 17.8. The highest BCUT2D eigenvalue weighted by Gasteiger charge is 2.12. The number of nitrogens with zero attached hydrogens (tertiary/aromatic N) is 2. The Morgan fingerprint density at radius 3 is 2.68 bits per heavy atom. The molecule has 1 aromatic carbocycles. The molecule has 6 heteroatoms. The largest absolute Gasteiger partial charge is 0.464 e. The fourth-order valence-electron chi connectivity index (χ4n) is 1.58. The SMILES string of the molecule is COC(=O)c1cc(-c2ccc(F)c(C)c2)nc(Cl)n1. The number of aryl methyl sites for hydroxylation is 1. The molecule has 1 aromatic heterocycles. The third-order valence-electron chi connectivity index (χ3n) is 2.55. The zero-order valence-corrected chi connectivity index (χ0v) is 11.0. The molecule has 0 fully saturated rings. The summed E-state index contributed by atoms with van der Waals surface area (Å²) in [6.07, 6.45) is 0. The van der Waals surface area contributed by atoms with Gasteiger partial charge in [0.2, 0.25) is 5.28 Å². The number of ether oxygens (including phenoxy) is 1. The van der Waals surface area contributed by atoms with Crippen molar-refractivity contribution in [1.29, 1.82) is 0 Å². The van der Waals surface area contributed by atoms with Gasteiger partial charge in [-0.25, -0.2) is 19.2 Å². The van der Waals surface area contributed by atoms with Crippen LogP contribution in [-0.2, 0) is 4.74 Å². The molecule has 0 aliphatic carbocycles. The number of hydrogen-bond donors (Lipinski definition) is 0. The van der Waals surface area contributed by atoms with E-state index in [0.29, 0.717) is 16.8 Å². The standard InChI is InChI=1S/C13H10ClFN2O2/c1-7-5-8(3-4-9(7)15)10-6-11(12(18)19-2)17-13(14)16-10/h3-6H,1-2H3. The van der Waals surface area contributed by atoms with Gasteiger partial charge < -0.3 is 4.74 Å². The Labute approximate surface area is 114 Å². The molecule has 0 saturated carbocycles. The maximum absolute atomic E-state index is 13.2. The fourth-order valence-corrected chi connectivity index (χ4v) is 1.76. The van der Waals surface area contributed by atoms with Crippen molar-refractivity contribution in [3.63, 3.8) is 0 Å². The zero-order valence-electron chi connectivity index (χ0n) is 10.3. The molecule has 0 spiro atoms. The molecule has 0 bridgehead atoms. The van der Waals surface area contributed by atoms with E-state index in [1.807, 2.05) is 0 Å². The van der Waals surface area contributed by atoms with Crippen LogP contribution >= 0.6 is 11.6 Å². The normalized spacial score (nSPS) is 10.3. The smallest absolute Gasteiger partial charge is 0.356 e. The second-order valence-electron chi connectivity index (χ2n) is 3.86. The number of benzene rings is 1. The highest BCUT2D eigenvalue weighted by atomic mass is 35.5. The topological polar surface area (TPSA) is 52.1 Å². The summed E-state index contributed by atoms with van der Waals surface area (Å²) in [5.74, 6) is -0.915. The van der Waals surface area contributed by atoms with Crippen LogP contribution in [0.4, 0.5) is 4.39 Å². The van der Waals surface area contributed by atoms with Crippen molar-refractivity contribution in [3.05, 3.63) is 46.6 Å². The second kappa shape index (κ2) is 5.32. The Morgan fingerprint density at radius 2 is 2.05 bits per heavy atom. The van der Waals surface area contributed by atoms with Crippen molar-refractivity contribution in [3.8, 4) is 11.3 Å². The van der Waals surface area contributed by atoms with E-state index in [4.69, 9.17) is 11.6 Å². The molecular weight excluding hydrogens is 271 g/mol. The van der Waals surface area contributed by atoms with Gasteiger partial charge in [0, 0.05) is 5.56 Å². The number of methoxy groups -OCH3 is 1. The zero-order chi connectivity index (χ0) is 14.0. The van der Waals surface area contributed by atoms with Gasteiger partial charge >= 0.3 is 5.97 Å². The highest BCUT2D eigenvalue weighted by Crippen LogP contribution is 2.22. The number of halogens is 2. The summed E-state index contributed by atoms with van der Waals surface area (Å²) >= 11 is 5.77. The van der Waals surface area contributed by atoms with E-state index < -0.39 is 5.97 Å². The molecule has 0 N–H and O–H groups in total. The lowest BCUT2D eigenvalue weighted by Crippen LogP contribution is -2.06. The average molecular weight is 281 g/mol. The van der Waals surface area contributed by atoms with Gasteiger partial charge in [-0.1, -0.05) is 0 Å². The van der Waals surface area contributed by atoms with Crippen molar-refractivity contribution in [2.24, 2.45) is 0 Å². The van der Waals surface area contributed by atoms with Crippen LogP contribution in [0.25, 0.3) is 11.3 Å². The molecule has 0 amide bonds. The van der Waals surface area contributed by atoms with Gasteiger partial charge in [0.25, 0.3) is 0 Å².